The van der Waals surface area contributed by atoms with E-state index in [2.05, 4.69) is 15.5 Å². The molecule has 3 aromatic rings. The number of anilines is 3. The van der Waals surface area contributed by atoms with Gasteiger partial charge < -0.3 is 29.9 Å². The number of morpholine rings is 1. The van der Waals surface area contributed by atoms with Crippen LogP contribution in [-0.2, 0) is 4.74 Å². The molecule has 2 fully saturated rings. The van der Waals surface area contributed by atoms with E-state index in [9.17, 15) is 9.59 Å². The molecule has 2 aliphatic rings. The van der Waals surface area contributed by atoms with Gasteiger partial charge in [-0.15, -0.1) is 0 Å². The molecular weight excluding hydrogens is 484 g/mol. The van der Waals surface area contributed by atoms with E-state index < -0.39 is 0 Å². The molecule has 2 aromatic carbocycles. The van der Waals surface area contributed by atoms with Gasteiger partial charge in [-0.25, -0.2) is 14.8 Å². The molecule has 0 atom stereocenters. The standard InChI is InChI=1S/C28H32N6O4/c1-2-38-24-23(27(35)34-14-6-7-15-34)31-25(32-26(24)33-16-18-37-19-17-33)20-10-12-22(13-11-20)30-28(36)29-21-8-4-3-5-9-21/h3-5,8-13H,2,6-7,14-19H2,1H3,(H2,29,30,36). The quantitative estimate of drug-likeness (QED) is 0.483. The Morgan fingerprint density at radius 2 is 1.55 bits per heavy atom. The molecule has 1 aromatic heterocycles. The van der Waals surface area contributed by atoms with Gasteiger partial charge in [-0.3, -0.25) is 4.79 Å². The molecule has 2 aliphatic heterocycles. The molecule has 38 heavy (non-hydrogen) atoms. The highest BCUT2D eigenvalue weighted by molar-refractivity contribution is 6.00. The van der Waals surface area contributed by atoms with Crippen LogP contribution in [0.1, 0.15) is 30.3 Å². The van der Waals surface area contributed by atoms with E-state index in [1.54, 1.807) is 12.1 Å². The summed E-state index contributed by atoms with van der Waals surface area (Å²) in [6.07, 6.45) is 1.96. The van der Waals surface area contributed by atoms with Crippen LogP contribution < -0.4 is 20.3 Å². The number of hydrogen-bond acceptors (Lipinski definition) is 7. The lowest BCUT2D eigenvalue weighted by molar-refractivity contribution is 0.0782. The highest BCUT2D eigenvalue weighted by atomic mass is 16.5. The number of nitrogens with zero attached hydrogens (tertiary/aromatic N) is 4. The molecule has 10 nitrogen and oxygen atoms in total. The van der Waals surface area contributed by atoms with Crippen LogP contribution in [0.15, 0.2) is 54.6 Å². The number of nitrogens with one attached hydrogen (secondary N) is 2. The van der Waals surface area contributed by atoms with Crippen LogP contribution in [0.25, 0.3) is 11.4 Å². The van der Waals surface area contributed by atoms with Crippen molar-refractivity contribution >= 4 is 29.1 Å². The molecule has 0 unspecified atom stereocenters. The Kier molecular flexibility index (Phi) is 7.98. The average Bonchev–Trinajstić information content (AvgIpc) is 3.50. The summed E-state index contributed by atoms with van der Waals surface area (Å²) in [4.78, 5) is 39.4. The SMILES string of the molecule is CCOc1c(C(=O)N2CCCC2)nc(-c2ccc(NC(=O)Nc3ccccc3)cc2)nc1N1CCOCC1. The number of carbonyl (C=O) groups excluding carboxylic acids is 2. The van der Waals surface area contributed by atoms with Crippen LogP contribution in [0, 0.1) is 0 Å². The maximum Gasteiger partial charge on any atom is 0.323 e. The summed E-state index contributed by atoms with van der Waals surface area (Å²) in [7, 11) is 0. The molecule has 10 heteroatoms. The van der Waals surface area contributed by atoms with Crippen molar-refractivity contribution in [1.29, 1.82) is 0 Å². The lowest BCUT2D eigenvalue weighted by Gasteiger charge is -2.30. The maximum atomic E-state index is 13.5. The third kappa shape index (κ3) is 5.86. The summed E-state index contributed by atoms with van der Waals surface area (Å²) >= 11 is 0. The summed E-state index contributed by atoms with van der Waals surface area (Å²) in [6, 6.07) is 16.1. The van der Waals surface area contributed by atoms with E-state index in [0.29, 0.717) is 74.8 Å². The van der Waals surface area contributed by atoms with Gasteiger partial charge in [0.25, 0.3) is 5.91 Å². The smallest absolute Gasteiger partial charge is 0.323 e. The molecule has 3 amide bonds. The molecule has 5 rings (SSSR count). The first-order valence-corrected chi connectivity index (χ1v) is 13.0. The lowest BCUT2D eigenvalue weighted by atomic mass is 10.1. The Morgan fingerprint density at radius 3 is 2.21 bits per heavy atom. The molecule has 198 valence electrons. The van der Waals surface area contributed by atoms with Gasteiger partial charge in [-0.1, -0.05) is 18.2 Å². The van der Waals surface area contributed by atoms with Crippen molar-refractivity contribution in [3.8, 4) is 17.1 Å². The number of aromatic nitrogens is 2. The zero-order valence-electron chi connectivity index (χ0n) is 21.5. The number of para-hydroxylation sites is 1. The largest absolute Gasteiger partial charge is 0.488 e. The van der Waals surface area contributed by atoms with E-state index in [1.165, 1.54) is 0 Å². The number of carbonyl (C=O) groups is 2. The molecule has 0 radical (unpaired) electrons. The predicted octanol–water partition coefficient (Wildman–Crippen LogP) is 4.26. The van der Waals surface area contributed by atoms with Crippen LogP contribution in [-0.4, -0.2) is 72.8 Å². The van der Waals surface area contributed by atoms with Crippen molar-refractivity contribution in [2.45, 2.75) is 19.8 Å². The summed E-state index contributed by atoms with van der Waals surface area (Å²) in [6.45, 7) is 6.15. The topological polar surface area (TPSA) is 109 Å². The lowest BCUT2D eigenvalue weighted by Crippen LogP contribution is -2.38. The molecule has 0 saturated carbocycles. The number of likely N-dealkylation sites (tertiary alicyclic amines) is 1. The van der Waals surface area contributed by atoms with Crippen molar-refractivity contribution in [2.75, 3.05) is 61.5 Å². The van der Waals surface area contributed by atoms with E-state index in [4.69, 9.17) is 19.4 Å². The van der Waals surface area contributed by atoms with Crippen LogP contribution >= 0.6 is 0 Å². The maximum absolute atomic E-state index is 13.5. The monoisotopic (exact) mass is 516 g/mol. The number of rotatable bonds is 7. The van der Waals surface area contributed by atoms with Gasteiger partial charge in [-0.2, -0.15) is 0 Å². The van der Waals surface area contributed by atoms with Crippen molar-refractivity contribution < 1.29 is 19.1 Å². The van der Waals surface area contributed by atoms with Crippen LogP contribution in [0.4, 0.5) is 22.0 Å². The van der Waals surface area contributed by atoms with Gasteiger partial charge in [0.15, 0.2) is 23.1 Å². The van der Waals surface area contributed by atoms with Crippen molar-refractivity contribution in [3.63, 3.8) is 0 Å². The molecule has 0 spiro atoms. The summed E-state index contributed by atoms with van der Waals surface area (Å²) in [5.41, 5.74) is 2.34. The number of ether oxygens (including phenoxy) is 2. The minimum absolute atomic E-state index is 0.139. The third-order valence-corrected chi connectivity index (χ3v) is 6.48. The normalized spacial score (nSPS) is 15.3. The molecule has 0 bridgehead atoms. The highest BCUT2D eigenvalue weighted by Gasteiger charge is 2.30. The van der Waals surface area contributed by atoms with Gasteiger partial charge in [0.05, 0.1) is 19.8 Å². The highest BCUT2D eigenvalue weighted by Crippen LogP contribution is 2.34. The minimum atomic E-state index is -0.339. The summed E-state index contributed by atoms with van der Waals surface area (Å²) in [5, 5.41) is 5.63. The Labute approximate surface area is 222 Å². The second kappa shape index (κ2) is 11.9. The van der Waals surface area contributed by atoms with Gasteiger partial charge >= 0.3 is 6.03 Å². The van der Waals surface area contributed by atoms with E-state index in [-0.39, 0.29) is 17.6 Å². The first-order chi connectivity index (χ1) is 18.6. The Balaban J connectivity index is 1.44. The zero-order chi connectivity index (χ0) is 26.3. The van der Waals surface area contributed by atoms with Gasteiger partial charge in [0, 0.05) is 43.1 Å². The van der Waals surface area contributed by atoms with Gasteiger partial charge in [-0.05, 0) is 56.2 Å². The summed E-state index contributed by atoms with van der Waals surface area (Å²) < 4.78 is 11.5. The Bertz CT molecular complexity index is 1260. The summed E-state index contributed by atoms with van der Waals surface area (Å²) in [5.74, 6) is 1.32. The minimum Gasteiger partial charge on any atom is -0.488 e. The van der Waals surface area contributed by atoms with Crippen molar-refractivity contribution in [2.24, 2.45) is 0 Å². The van der Waals surface area contributed by atoms with Crippen LogP contribution in [0.5, 0.6) is 5.75 Å². The van der Waals surface area contributed by atoms with Crippen molar-refractivity contribution in [1.82, 2.24) is 14.9 Å². The van der Waals surface area contributed by atoms with E-state index in [1.807, 2.05) is 54.3 Å². The first-order valence-electron chi connectivity index (χ1n) is 13.0. The first kappa shape index (κ1) is 25.5. The average molecular weight is 517 g/mol. The Hall–Kier alpha value is -4.18. The number of urea groups is 1. The second-order valence-corrected chi connectivity index (χ2v) is 9.10. The number of benzene rings is 2. The fourth-order valence-electron chi connectivity index (χ4n) is 4.57. The molecule has 0 aliphatic carbocycles. The van der Waals surface area contributed by atoms with E-state index >= 15 is 0 Å². The Morgan fingerprint density at radius 1 is 0.895 bits per heavy atom. The van der Waals surface area contributed by atoms with E-state index in [0.717, 1.165) is 18.4 Å². The van der Waals surface area contributed by atoms with Gasteiger partial charge in [0.2, 0.25) is 0 Å². The molecular formula is C28H32N6O4. The number of hydrogen-bond donors (Lipinski definition) is 2. The fourth-order valence-corrected chi connectivity index (χ4v) is 4.57. The predicted molar refractivity (Wildman–Crippen MR) is 146 cm³/mol. The molecule has 2 saturated heterocycles. The second-order valence-electron chi connectivity index (χ2n) is 9.10. The molecule has 3 heterocycles. The zero-order valence-corrected chi connectivity index (χ0v) is 21.5. The number of amides is 3. The molecule has 2 N–H and O–H groups in total. The third-order valence-electron chi connectivity index (χ3n) is 6.48. The van der Waals surface area contributed by atoms with Crippen LogP contribution in [0.3, 0.4) is 0 Å². The van der Waals surface area contributed by atoms with Crippen molar-refractivity contribution in [3.05, 3.63) is 60.3 Å². The van der Waals surface area contributed by atoms with Crippen LogP contribution in [0.2, 0.25) is 0 Å². The fraction of sp³-hybridized carbons (Fsp3) is 0.357. The van der Waals surface area contributed by atoms with Gasteiger partial charge in [0.1, 0.15) is 0 Å².